The van der Waals surface area contributed by atoms with Gasteiger partial charge in [0.1, 0.15) is 0 Å². The van der Waals surface area contributed by atoms with Crippen LogP contribution in [0, 0.1) is 5.92 Å². The summed E-state index contributed by atoms with van der Waals surface area (Å²) in [6.45, 7) is 4.55. The van der Waals surface area contributed by atoms with Crippen molar-refractivity contribution in [3.8, 4) is 0 Å². The first-order valence-electron chi connectivity index (χ1n) is 7.85. The Bertz CT molecular complexity index is 367. The molecule has 1 atom stereocenters. The van der Waals surface area contributed by atoms with Crippen LogP contribution in [0.25, 0.3) is 0 Å². The Morgan fingerprint density at radius 1 is 1.32 bits per heavy atom. The Balaban J connectivity index is 1.77. The van der Waals surface area contributed by atoms with E-state index in [1.54, 1.807) is 0 Å². The minimum absolute atomic E-state index is 0.646. The van der Waals surface area contributed by atoms with Crippen molar-refractivity contribution in [3.63, 3.8) is 0 Å². The highest BCUT2D eigenvalue weighted by atomic mass is 79.9. The molecule has 1 aliphatic carbocycles. The molecule has 1 unspecified atom stereocenters. The predicted octanol–water partition coefficient (Wildman–Crippen LogP) is 5.13. The summed E-state index contributed by atoms with van der Waals surface area (Å²) >= 11 is 3.76. The number of halogens is 1. The van der Waals surface area contributed by atoms with Gasteiger partial charge in [0.25, 0.3) is 0 Å². The smallest absolute Gasteiger partial charge is 0.0624 e. The van der Waals surface area contributed by atoms with Crippen molar-refractivity contribution in [2.75, 3.05) is 0 Å². The Labute approximate surface area is 126 Å². The zero-order chi connectivity index (χ0) is 13.7. The van der Waals surface area contributed by atoms with Gasteiger partial charge < -0.3 is 0 Å². The lowest BCUT2D eigenvalue weighted by Crippen LogP contribution is -2.13. The third-order valence-electron chi connectivity index (χ3n) is 4.25. The van der Waals surface area contributed by atoms with Crippen LogP contribution in [-0.4, -0.2) is 14.6 Å². The van der Waals surface area contributed by atoms with E-state index in [1.807, 2.05) is 0 Å². The van der Waals surface area contributed by atoms with Crippen LogP contribution in [0.3, 0.4) is 0 Å². The molecule has 0 bridgehead atoms. The molecule has 1 aliphatic rings. The van der Waals surface area contributed by atoms with Gasteiger partial charge in [-0.1, -0.05) is 49.0 Å². The van der Waals surface area contributed by atoms with Crippen molar-refractivity contribution in [3.05, 3.63) is 18.0 Å². The van der Waals surface area contributed by atoms with Crippen molar-refractivity contribution >= 4 is 15.9 Å². The topological polar surface area (TPSA) is 17.8 Å². The first-order chi connectivity index (χ1) is 9.16. The fraction of sp³-hybridized carbons (Fsp3) is 0.812. The molecule has 1 saturated carbocycles. The molecular weight excluding hydrogens is 300 g/mol. The second kappa shape index (κ2) is 7.47. The Morgan fingerprint density at radius 2 is 2.05 bits per heavy atom. The lowest BCUT2D eigenvalue weighted by molar-refractivity contribution is 0.328. The summed E-state index contributed by atoms with van der Waals surface area (Å²) in [5, 5.41) is 4.78. The van der Waals surface area contributed by atoms with E-state index < -0.39 is 0 Å². The van der Waals surface area contributed by atoms with Crippen LogP contribution in [-0.2, 0) is 6.42 Å². The number of nitrogens with zero attached hydrogens (tertiary/aromatic N) is 2. The van der Waals surface area contributed by atoms with Gasteiger partial charge in [0, 0.05) is 11.0 Å². The van der Waals surface area contributed by atoms with Gasteiger partial charge in [0.2, 0.25) is 0 Å². The molecule has 1 fully saturated rings. The molecule has 0 aromatic carbocycles. The van der Waals surface area contributed by atoms with Gasteiger partial charge >= 0.3 is 0 Å². The summed E-state index contributed by atoms with van der Waals surface area (Å²) in [5.74, 6) is 0.722. The van der Waals surface area contributed by atoms with Crippen LogP contribution in [0.4, 0.5) is 0 Å². The predicted molar refractivity (Wildman–Crippen MR) is 84.8 cm³/mol. The molecule has 0 amide bonds. The Kier molecular flexibility index (Phi) is 5.93. The molecule has 19 heavy (non-hydrogen) atoms. The maximum absolute atomic E-state index is 4.78. The van der Waals surface area contributed by atoms with Gasteiger partial charge in [0.05, 0.1) is 11.7 Å². The third-order valence-corrected chi connectivity index (χ3v) is 5.76. The summed E-state index contributed by atoms with van der Waals surface area (Å²) in [4.78, 5) is 0.646. The van der Waals surface area contributed by atoms with E-state index in [-0.39, 0.29) is 0 Å². The molecule has 1 aromatic heterocycles. The van der Waals surface area contributed by atoms with E-state index in [1.165, 1.54) is 50.6 Å². The summed E-state index contributed by atoms with van der Waals surface area (Å²) < 4.78 is 2.22. The zero-order valence-corrected chi connectivity index (χ0v) is 13.9. The van der Waals surface area contributed by atoms with Gasteiger partial charge in [-0.25, -0.2) is 0 Å². The van der Waals surface area contributed by atoms with E-state index in [0.29, 0.717) is 10.9 Å². The SMILES string of the molecule is CC(C)C(Br)CCCc1ccn(C2CCCCC2)n1. The van der Waals surface area contributed by atoms with Gasteiger partial charge in [-0.3, -0.25) is 4.68 Å². The quantitative estimate of drug-likeness (QED) is 0.662. The minimum Gasteiger partial charge on any atom is -0.269 e. The van der Waals surface area contributed by atoms with Crippen LogP contribution in [0.1, 0.15) is 70.5 Å². The largest absolute Gasteiger partial charge is 0.269 e. The monoisotopic (exact) mass is 326 g/mol. The lowest BCUT2D eigenvalue weighted by atomic mass is 9.96. The van der Waals surface area contributed by atoms with Gasteiger partial charge in [-0.05, 0) is 44.1 Å². The number of alkyl halides is 1. The molecule has 1 aromatic rings. The number of rotatable bonds is 6. The molecule has 0 radical (unpaired) electrons. The van der Waals surface area contributed by atoms with Crippen LogP contribution in [0.15, 0.2) is 12.3 Å². The van der Waals surface area contributed by atoms with E-state index in [9.17, 15) is 0 Å². The molecule has 2 nitrogen and oxygen atoms in total. The van der Waals surface area contributed by atoms with Crippen molar-refractivity contribution in [1.29, 1.82) is 0 Å². The number of hydrogen-bond donors (Lipinski definition) is 0. The van der Waals surface area contributed by atoms with Crippen molar-refractivity contribution < 1.29 is 0 Å². The normalized spacial score (nSPS) is 18.9. The number of aromatic nitrogens is 2. The maximum Gasteiger partial charge on any atom is 0.0624 e. The second-order valence-electron chi connectivity index (χ2n) is 6.23. The van der Waals surface area contributed by atoms with Crippen LogP contribution in [0.2, 0.25) is 0 Å². The Hall–Kier alpha value is -0.310. The van der Waals surface area contributed by atoms with Gasteiger partial charge in [-0.2, -0.15) is 5.10 Å². The van der Waals surface area contributed by atoms with E-state index in [4.69, 9.17) is 5.10 Å². The second-order valence-corrected chi connectivity index (χ2v) is 7.41. The highest BCUT2D eigenvalue weighted by molar-refractivity contribution is 9.09. The standard InChI is InChI=1S/C16H27BrN2/c1-13(2)16(17)10-6-7-14-11-12-19(18-14)15-8-4-3-5-9-15/h11-13,15-16H,3-10H2,1-2H3. The summed E-state index contributed by atoms with van der Waals surface area (Å²) in [7, 11) is 0. The number of aryl methyl sites for hydroxylation is 1. The molecule has 0 spiro atoms. The molecule has 1 heterocycles. The highest BCUT2D eigenvalue weighted by Crippen LogP contribution is 2.27. The van der Waals surface area contributed by atoms with E-state index in [2.05, 4.69) is 46.7 Å². The number of hydrogen-bond acceptors (Lipinski definition) is 1. The average molecular weight is 327 g/mol. The molecule has 108 valence electrons. The molecule has 0 N–H and O–H groups in total. The summed E-state index contributed by atoms with van der Waals surface area (Å²) in [5.41, 5.74) is 1.27. The lowest BCUT2D eigenvalue weighted by Gasteiger charge is -2.21. The zero-order valence-electron chi connectivity index (χ0n) is 12.3. The molecular formula is C16H27BrN2. The highest BCUT2D eigenvalue weighted by Gasteiger charge is 2.16. The summed E-state index contributed by atoms with van der Waals surface area (Å²) in [6.07, 6.45) is 12.6. The van der Waals surface area contributed by atoms with Crippen LogP contribution >= 0.6 is 15.9 Å². The van der Waals surface area contributed by atoms with Crippen molar-refractivity contribution in [1.82, 2.24) is 9.78 Å². The van der Waals surface area contributed by atoms with Crippen LogP contribution < -0.4 is 0 Å². The first kappa shape index (κ1) is 15.1. The third kappa shape index (κ3) is 4.62. The molecule has 0 saturated heterocycles. The maximum atomic E-state index is 4.78. The van der Waals surface area contributed by atoms with E-state index in [0.717, 1.165) is 12.3 Å². The molecule has 2 rings (SSSR count). The fourth-order valence-corrected chi connectivity index (χ4v) is 3.19. The van der Waals surface area contributed by atoms with Crippen molar-refractivity contribution in [2.45, 2.75) is 76.1 Å². The fourth-order valence-electron chi connectivity index (χ4n) is 2.87. The average Bonchev–Trinajstić information content (AvgIpc) is 2.88. The summed E-state index contributed by atoms with van der Waals surface area (Å²) in [6, 6.07) is 2.88. The molecule has 3 heteroatoms. The minimum atomic E-state index is 0.646. The van der Waals surface area contributed by atoms with Crippen molar-refractivity contribution in [2.24, 2.45) is 5.92 Å². The first-order valence-corrected chi connectivity index (χ1v) is 8.76. The van der Waals surface area contributed by atoms with Gasteiger partial charge in [-0.15, -0.1) is 0 Å². The molecule has 0 aliphatic heterocycles. The van der Waals surface area contributed by atoms with E-state index >= 15 is 0 Å². The Morgan fingerprint density at radius 3 is 2.74 bits per heavy atom. The van der Waals surface area contributed by atoms with Crippen LogP contribution in [0.5, 0.6) is 0 Å². The van der Waals surface area contributed by atoms with Gasteiger partial charge in [0.15, 0.2) is 0 Å².